The highest BCUT2D eigenvalue weighted by atomic mass is 14.9. The van der Waals surface area contributed by atoms with Crippen LogP contribution in [0.25, 0.3) is 0 Å². The normalized spacial score (nSPS) is 10.2. The summed E-state index contributed by atoms with van der Waals surface area (Å²) in [5.74, 6) is 0. The Labute approximate surface area is 97.1 Å². The fraction of sp³-hybridized carbons (Fsp3) is 0.200. The highest BCUT2D eigenvalue weighted by Crippen LogP contribution is 2.25. The van der Waals surface area contributed by atoms with Crippen molar-refractivity contribution in [1.29, 1.82) is 0 Å². The Balaban J connectivity index is 2.38. The number of para-hydroxylation sites is 2. The molecular weight excluding hydrogens is 194 g/mol. The van der Waals surface area contributed by atoms with E-state index >= 15 is 0 Å². The summed E-state index contributed by atoms with van der Waals surface area (Å²) in [6, 6.07) is 14.7. The largest absolute Gasteiger partial charge is 0.355 e. The molecule has 0 bridgehead atoms. The molecule has 0 atom stereocenters. The molecule has 1 N–H and O–H groups in total. The summed E-state index contributed by atoms with van der Waals surface area (Å²) < 4.78 is 0. The molecule has 0 saturated heterocycles. The van der Waals surface area contributed by atoms with Crippen LogP contribution in [-0.4, -0.2) is 0 Å². The van der Waals surface area contributed by atoms with Gasteiger partial charge in [-0.05, 0) is 43.5 Å². The number of nitrogens with one attached hydrogen (secondary N) is 1. The van der Waals surface area contributed by atoms with Crippen LogP contribution in [0.15, 0.2) is 42.5 Å². The van der Waals surface area contributed by atoms with Crippen LogP contribution in [0.2, 0.25) is 0 Å². The molecule has 1 nitrogen and oxygen atoms in total. The van der Waals surface area contributed by atoms with Gasteiger partial charge in [0, 0.05) is 11.4 Å². The molecule has 0 unspecified atom stereocenters. The summed E-state index contributed by atoms with van der Waals surface area (Å²) >= 11 is 0. The topological polar surface area (TPSA) is 12.0 Å². The van der Waals surface area contributed by atoms with Crippen molar-refractivity contribution < 1.29 is 0 Å². The van der Waals surface area contributed by atoms with E-state index in [2.05, 4.69) is 68.6 Å². The number of hydrogen-bond donors (Lipinski definition) is 1. The predicted octanol–water partition coefficient (Wildman–Crippen LogP) is 4.36. The van der Waals surface area contributed by atoms with Crippen LogP contribution in [0.4, 0.5) is 11.4 Å². The first-order chi connectivity index (χ1) is 7.68. The lowest BCUT2D eigenvalue weighted by Crippen LogP contribution is -1.97. The van der Waals surface area contributed by atoms with Gasteiger partial charge in [0.2, 0.25) is 0 Å². The highest BCUT2D eigenvalue weighted by Gasteiger charge is 2.03. The zero-order valence-corrected chi connectivity index (χ0v) is 10.0. The highest BCUT2D eigenvalue weighted by molar-refractivity contribution is 5.68. The van der Waals surface area contributed by atoms with E-state index in [9.17, 15) is 0 Å². The molecule has 0 fully saturated rings. The van der Waals surface area contributed by atoms with Gasteiger partial charge < -0.3 is 5.32 Å². The number of benzene rings is 2. The van der Waals surface area contributed by atoms with Crippen molar-refractivity contribution in [3.63, 3.8) is 0 Å². The maximum atomic E-state index is 3.51. The summed E-state index contributed by atoms with van der Waals surface area (Å²) in [5.41, 5.74) is 6.23. The van der Waals surface area contributed by atoms with Gasteiger partial charge in [0.25, 0.3) is 0 Å². The van der Waals surface area contributed by atoms with Crippen LogP contribution in [0.1, 0.15) is 16.7 Å². The molecule has 0 radical (unpaired) electrons. The van der Waals surface area contributed by atoms with E-state index in [4.69, 9.17) is 0 Å². The molecule has 0 aliphatic rings. The SMILES string of the molecule is Cc1ccccc1Nc1c(C)cccc1C. The van der Waals surface area contributed by atoms with Crippen LogP contribution < -0.4 is 5.32 Å². The fourth-order valence-corrected chi connectivity index (χ4v) is 1.86. The maximum absolute atomic E-state index is 3.51. The maximum Gasteiger partial charge on any atom is 0.0443 e. The van der Waals surface area contributed by atoms with Crippen molar-refractivity contribution in [3.05, 3.63) is 59.2 Å². The van der Waals surface area contributed by atoms with Gasteiger partial charge in [0.1, 0.15) is 0 Å². The minimum absolute atomic E-state index is 1.18. The average Bonchev–Trinajstić information content (AvgIpc) is 2.26. The average molecular weight is 211 g/mol. The Bertz CT molecular complexity index is 480. The molecule has 82 valence electrons. The van der Waals surface area contributed by atoms with Crippen molar-refractivity contribution in [2.24, 2.45) is 0 Å². The molecule has 0 aliphatic heterocycles. The summed E-state index contributed by atoms with van der Waals surface area (Å²) in [4.78, 5) is 0. The number of aryl methyl sites for hydroxylation is 3. The zero-order chi connectivity index (χ0) is 11.5. The van der Waals surface area contributed by atoms with E-state index in [0.29, 0.717) is 0 Å². The van der Waals surface area contributed by atoms with Crippen molar-refractivity contribution in [2.45, 2.75) is 20.8 Å². The predicted molar refractivity (Wildman–Crippen MR) is 70.4 cm³/mol. The Hall–Kier alpha value is -1.76. The van der Waals surface area contributed by atoms with Crippen LogP contribution in [0, 0.1) is 20.8 Å². The van der Waals surface area contributed by atoms with Crippen LogP contribution in [0.3, 0.4) is 0 Å². The number of anilines is 2. The molecule has 1 heteroatoms. The van der Waals surface area contributed by atoms with Gasteiger partial charge in [0.05, 0.1) is 0 Å². The molecule has 2 aromatic carbocycles. The summed E-state index contributed by atoms with van der Waals surface area (Å²) in [5, 5.41) is 3.51. The van der Waals surface area contributed by atoms with Crippen LogP contribution in [0.5, 0.6) is 0 Å². The van der Waals surface area contributed by atoms with Crippen molar-refractivity contribution in [3.8, 4) is 0 Å². The van der Waals surface area contributed by atoms with E-state index in [-0.39, 0.29) is 0 Å². The van der Waals surface area contributed by atoms with Gasteiger partial charge in [-0.15, -0.1) is 0 Å². The van der Waals surface area contributed by atoms with Gasteiger partial charge in [-0.1, -0.05) is 36.4 Å². The monoisotopic (exact) mass is 211 g/mol. The summed E-state index contributed by atoms with van der Waals surface area (Å²) in [6.45, 7) is 6.39. The van der Waals surface area contributed by atoms with E-state index in [1.807, 2.05) is 0 Å². The molecule has 0 aliphatic carbocycles. The molecule has 16 heavy (non-hydrogen) atoms. The minimum atomic E-state index is 1.18. The smallest absolute Gasteiger partial charge is 0.0443 e. The van der Waals surface area contributed by atoms with Gasteiger partial charge in [0.15, 0.2) is 0 Å². The lowest BCUT2D eigenvalue weighted by atomic mass is 10.1. The number of rotatable bonds is 2. The second kappa shape index (κ2) is 4.40. The quantitative estimate of drug-likeness (QED) is 0.778. The van der Waals surface area contributed by atoms with Gasteiger partial charge in [-0.25, -0.2) is 0 Å². The lowest BCUT2D eigenvalue weighted by Gasteiger charge is -2.14. The summed E-state index contributed by atoms with van der Waals surface area (Å²) in [7, 11) is 0. The van der Waals surface area contributed by atoms with Gasteiger partial charge in [-0.2, -0.15) is 0 Å². The molecule has 0 aromatic heterocycles. The molecule has 0 amide bonds. The molecule has 2 rings (SSSR count). The third-order valence-corrected chi connectivity index (χ3v) is 2.89. The van der Waals surface area contributed by atoms with Crippen molar-refractivity contribution in [1.82, 2.24) is 0 Å². The third-order valence-electron chi connectivity index (χ3n) is 2.89. The second-order valence-electron chi connectivity index (χ2n) is 4.21. The van der Waals surface area contributed by atoms with E-state index < -0.39 is 0 Å². The van der Waals surface area contributed by atoms with Gasteiger partial charge >= 0.3 is 0 Å². The van der Waals surface area contributed by atoms with Crippen LogP contribution >= 0.6 is 0 Å². The Morgan fingerprint density at radius 3 is 1.88 bits per heavy atom. The molecule has 2 aromatic rings. The first-order valence-corrected chi connectivity index (χ1v) is 5.57. The summed E-state index contributed by atoms with van der Waals surface area (Å²) in [6.07, 6.45) is 0. The van der Waals surface area contributed by atoms with Crippen molar-refractivity contribution >= 4 is 11.4 Å². The van der Waals surface area contributed by atoms with Crippen molar-refractivity contribution in [2.75, 3.05) is 5.32 Å². The first-order valence-electron chi connectivity index (χ1n) is 5.57. The molecule has 0 spiro atoms. The standard InChI is InChI=1S/C15H17N/c1-11-7-4-5-10-14(11)16-15-12(2)8-6-9-13(15)3/h4-10,16H,1-3H3. The lowest BCUT2D eigenvalue weighted by molar-refractivity contribution is 1.34. The van der Waals surface area contributed by atoms with Gasteiger partial charge in [-0.3, -0.25) is 0 Å². The van der Waals surface area contributed by atoms with E-state index in [1.165, 1.54) is 28.1 Å². The first kappa shape index (κ1) is 10.7. The fourth-order valence-electron chi connectivity index (χ4n) is 1.86. The Morgan fingerprint density at radius 2 is 1.25 bits per heavy atom. The van der Waals surface area contributed by atoms with E-state index in [0.717, 1.165) is 0 Å². The molecule has 0 saturated carbocycles. The van der Waals surface area contributed by atoms with E-state index in [1.54, 1.807) is 0 Å². The number of hydrogen-bond acceptors (Lipinski definition) is 1. The second-order valence-corrected chi connectivity index (χ2v) is 4.21. The van der Waals surface area contributed by atoms with Crippen LogP contribution in [-0.2, 0) is 0 Å². The Morgan fingerprint density at radius 1 is 0.688 bits per heavy atom. The Kier molecular flexibility index (Phi) is 2.95. The minimum Gasteiger partial charge on any atom is -0.355 e. The zero-order valence-electron chi connectivity index (χ0n) is 10.0. The molecular formula is C15H17N. The third kappa shape index (κ3) is 2.08. The molecule has 0 heterocycles.